The highest BCUT2D eigenvalue weighted by atomic mass is 16.2. The van der Waals surface area contributed by atoms with E-state index in [0.29, 0.717) is 25.9 Å². The molecule has 1 aromatic heterocycles. The van der Waals surface area contributed by atoms with E-state index >= 15 is 0 Å². The number of amides is 5. The number of nitrogens with one attached hydrogen (secondary N) is 7. The van der Waals surface area contributed by atoms with E-state index in [1.54, 1.807) is 6.20 Å². The van der Waals surface area contributed by atoms with Crippen molar-refractivity contribution >= 4 is 46.4 Å². The molecule has 15 heteroatoms. The Morgan fingerprint density at radius 2 is 1.46 bits per heavy atom. The Labute approximate surface area is 304 Å². The van der Waals surface area contributed by atoms with Gasteiger partial charge in [0.05, 0.1) is 12.6 Å². The SMILES string of the molecule is CCN[C@@H](Cc1ccccc1)C(=O)NCC(=O)N[C@@H](CC(C)C)C(=O)N[C@@H](CCCNC(N)=NC)C(=O)N[C@@H](Cc1c[nH]c2ccccc12)C(N)=O. The summed E-state index contributed by atoms with van der Waals surface area (Å²) in [5.41, 5.74) is 14.1. The highest BCUT2D eigenvalue weighted by Gasteiger charge is 2.30. The van der Waals surface area contributed by atoms with Gasteiger partial charge in [-0.05, 0) is 55.3 Å². The van der Waals surface area contributed by atoms with Crippen LogP contribution in [0.3, 0.4) is 0 Å². The van der Waals surface area contributed by atoms with E-state index in [-0.39, 0.29) is 43.6 Å². The van der Waals surface area contributed by atoms with Gasteiger partial charge in [-0.15, -0.1) is 0 Å². The highest BCUT2D eigenvalue weighted by molar-refractivity contribution is 5.95. The standard InChI is InChI=1S/C37H54N10O5/c1-5-41-30(19-24-12-7-6-8-13-24)34(50)44-22-32(48)45-31(18-23(2)3)36(52)46-28(16-11-17-42-37(39)40-4)35(51)47-29(33(38)49)20-25-21-43-27-15-10-9-14-26(25)27/h6-10,12-15,21,23,28-31,41,43H,5,11,16-20,22H2,1-4H3,(H2,38,49)(H,44,50)(H,45,48)(H,46,52)(H,47,51)(H3,39,40,42)/t28-,29-,30-,31-/m0/s1. The molecule has 0 saturated heterocycles. The fraction of sp³-hybridized carbons (Fsp3) is 0.459. The van der Waals surface area contributed by atoms with E-state index in [9.17, 15) is 24.0 Å². The number of carbonyl (C=O) groups is 5. The van der Waals surface area contributed by atoms with Gasteiger partial charge in [0.2, 0.25) is 29.5 Å². The number of benzene rings is 2. The molecule has 282 valence electrons. The molecule has 0 spiro atoms. The molecule has 15 nitrogen and oxygen atoms in total. The lowest BCUT2D eigenvalue weighted by molar-refractivity contribution is -0.133. The summed E-state index contributed by atoms with van der Waals surface area (Å²) in [4.78, 5) is 73.1. The molecule has 0 saturated carbocycles. The maximum Gasteiger partial charge on any atom is 0.243 e. The van der Waals surface area contributed by atoms with Crippen LogP contribution in [0.2, 0.25) is 0 Å². The van der Waals surface area contributed by atoms with Gasteiger partial charge < -0.3 is 48.4 Å². The summed E-state index contributed by atoms with van der Waals surface area (Å²) >= 11 is 0. The minimum atomic E-state index is -1.08. The lowest BCUT2D eigenvalue weighted by Gasteiger charge is -2.26. The zero-order chi connectivity index (χ0) is 38.0. The molecule has 52 heavy (non-hydrogen) atoms. The predicted molar refractivity (Wildman–Crippen MR) is 202 cm³/mol. The summed E-state index contributed by atoms with van der Waals surface area (Å²) in [5.74, 6) is -2.61. The molecule has 0 bridgehead atoms. The van der Waals surface area contributed by atoms with Gasteiger partial charge in [-0.2, -0.15) is 0 Å². The number of nitrogens with zero attached hydrogens (tertiary/aromatic N) is 1. The molecule has 1 heterocycles. The first-order valence-corrected chi connectivity index (χ1v) is 17.7. The molecule has 0 aliphatic heterocycles. The number of carbonyl (C=O) groups excluding carboxylic acids is 5. The van der Waals surface area contributed by atoms with Gasteiger partial charge >= 0.3 is 0 Å². The Bertz CT molecular complexity index is 1660. The number of H-pyrrole nitrogens is 1. The van der Waals surface area contributed by atoms with Crippen LogP contribution in [0.5, 0.6) is 0 Å². The Balaban J connectivity index is 1.70. The summed E-state index contributed by atoms with van der Waals surface area (Å²) in [6.45, 7) is 6.27. The van der Waals surface area contributed by atoms with Crippen molar-refractivity contribution in [2.45, 2.75) is 77.0 Å². The zero-order valence-electron chi connectivity index (χ0n) is 30.5. The number of nitrogens with two attached hydrogens (primary N) is 2. The second-order valence-corrected chi connectivity index (χ2v) is 13.0. The zero-order valence-corrected chi connectivity index (χ0v) is 30.5. The van der Waals surface area contributed by atoms with Crippen molar-refractivity contribution in [3.8, 4) is 0 Å². The number of aromatic amines is 1. The van der Waals surface area contributed by atoms with Crippen molar-refractivity contribution in [2.75, 3.05) is 26.7 Å². The minimum absolute atomic E-state index is 0.00199. The molecule has 0 aliphatic carbocycles. The molecule has 0 aliphatic rings. The van der Waals surface area contributed by atoms with Crippen LogP contribution >= 0.6 is 0 Å². The Morgan fingerprint density at radius 1 is 0.788 bits per heavy atom. The molecule has 5 amide bonds. The molecular weight excluding hydrogens is 664 g/mol. The van der Waals surface area contributed by atoms with Crippen LogP contribution in [0.4, 0.5) is 0 Å². The van der Waals surface area contributed by atoms with E-state index in [2.05, 4.69) is 41.9 Å². The highest BCUT2D eigenvalue weighted by Crippen LogP contribution is 2.19. The van der Waals surface area contributed by atoms with Crippen molar-refractivity contribution in [3.63, 3.8) is 0 Å². The molecule has 11 N–H and O–H groups in total. The maximum absolute atomic E-state index is 13.7. The number of rotatable bonds is 21. The first-order valence-electron chi connectivity index (χ1n) is 17.7. The summed E-state index contributed by atoms with van der Waals surface area (Å²) in [6, 6.07) is 13.4. The summed E-state index contributed by atoms with van der Waals surface area (Å²) in [5, 5.41) is 17.9. The minimum Gasteiger partial charge on any atom is -0.370 e. The smallest absolute Gasteiger partial charge is 0.243 e. The lowest BCUT2D eigenvalue weighted by Crippen LogP contribution is -2.57. The normalized spacial score (nSPS) is 13.8. The van der Waals surface area contributed by atoms with Crippen LogP contribution in [0.1, 0.15) is 51.2 Å². The van der Waals surface area contributed by atoms with Crippen LogP contribution in [-0.4, -0.2) is 91.3 Å². The molecule has 0 fully saturated rings. The molecule has 0 radical (unpaired) electrons. The molecule has 0 unspecified atom stereocenters. The average molecular weight is 719 g/mol. The number of hydrogen-bond acceptors (Lipinski definition) is 7. The predicted octanol–water partition coefficient (Wildman–Crippen LogP) is 0.348. The summed E-state index contributed by atoms with van der Waals surface area (Å²) < 4.78 is 0. The second-order valence-electron chi connectivity index (χ2n) is 13.0. The van der Waals surface area contributed by atoms with Crippen LogP contribution in [0, 0.1) is 5.92 Å². The molecule has 2 aromatic carbocycles. The van der Waals surface area contributed by atoms with E-state index in [0.717, 1.165) is 22.0 Å². The fourth-order valence-electron chi connectivity index (χ4n) is 5.75. The van der Waals surface area contributed by atoms with Gasteiger partial charge in [0.15, 0.2) is 5.96 Å². The number of fused-ring (bicyclic) bond motifs is 1. The van der Waals surface area contributed by atoms with Gasteiger partial charge in [0.1, 0.15) is 18.1 Å². The summed E-state index contributed by atoms with van der Waals surface area (Å²) in [6.07, 6.45) is 3.18. The topological polar surface area (TPSA) is 238 Å². The van der Waals surface area contributed by atoms with Crippen molar-refractivity contribution in [1.82, 2.24) is 36.9 Å². The van der Waals surface area contributed by atoms with E-state index < -0.39 is 47.8 Å². The van der Waals surface area contributed by atoms with Crippen LogP contribution in [0.25, 0.3) is 10.9 Å². The van der Waals surface area contributed by atoms with Gasteiger partial charge in [0.25, 0.3) is 0 Å². The van der Waals surface area contributed by atoms with Crippen LogP contribution in [-0.2, 0) is 36.8 Å². The monoisotopic (exact) mass is 718 g/mol. The largest absolute Gasteiger partial charge is 0.370 e. The molecular formula is C37H54N10O5. The van der Waals surface area contributed by atoms with E-state index in [1.807, 2.05) is 75.4 Å². The Hall–Kier alpha value is -5.44. The van der Waals surface area contributed by atoms with Crippen molar-refractivity contribution in [3.05, 3.63) is 71.9 Å². The van der Waals surface area contributed by atoms with E-state index in [1.165, 1.54) is 7.05 Å². The fourth-order valence-corrected chi connectivity index (χ4v) is 5.75. The van der Waals surface area contributed by atoms with Gasteiger partial charge in [-0.25, -0.2) is 0 Å². The number of para-hydroxylation sites is 1. The van der Waals surface area contributed by atoms with Crippen molar-refractivity contribution < 1.29 is 24.0 Å². The van der Waals surface area contributed by atoms with Crippen molar-refractivity contribution in [1.29, 1.82) is 0 Å². The number of primary amides is 1. The Morgan fingerprint density at radius 3 is 2.13 bits per heavy atom. The molecule has 3 rings (SSSR count). The molecule has 4 atom stereocenters. The number of likely N-dealkylation sites (N-methyl/N-ethyl adjacent to an activating group) is 1. The van der Waals surface area contributed by atoms with Crippen molar-refractivity contribution in [2.24, 2.45) is 22.4 Å². The number of hydrogen-bond donors (Lipinski definition) is 9. The average Bonchev–Trinajstić information content (AvgIpc) is 3.53. The van der Waals surface area contributed by atoms with E-state index in [4.69, 9.17) is 11.5 Å². The molecule has 3 aromatic rings. The van der Waals surface area contributed by atoms with Crippen LogP contribution < -0.4 is 43.4 Å². The number of aliphatic imine (C=N–C) groups is 1. The third kappa shape index (κ3) is 13.4. The number of guanidine groups is 1. The number of aromatic nitrogens is 1. The van der Waals surface area contributed by atoms with Crippen LogP contribution in [0.15, 0.2) is 65.8 Å². The lowest BCUT2D eigenvalue weighted by atomic mass is 10.0. The van der Waals surface area contributed by atoms with Gasteiger partial charge in [0, 0.05) is 37.1 Å². The maximum atomic E-state index is 13.7. The third-order valence-corrected chi connectivity index (χ3v) is 8.44. The quantitative estimate of drug-likeness (QED) is 0.0422. The second kappa shape index (κ2) is 21.0. The summed E-state index contributed by atoms with van der Waals surface area (Å²) in [7, 11) is 1.54. The van der Waals surface area contributed by atoms with Gasteiger partial charge in [-0.3, -0.25) is 29.0 Å². The first-order chi connectivity index (χ1) is 24.9. The van der Waals surface area contributed by atoms with Gasteiger partial charge in [-0.1, -0.05) is 69.3 Å². The first kappa shape index (κ1) is 41.0. The third-order valence-electron chi connectivity index (χ3n) is 8.44. The Kier molecular flexibility index (Phi) is 16.6.